The first kappa shape index (κ1) is 21.2. The first-order chi connectivity index (χ1) is 14.4. The second-order valence-electron chi connectivity index (χ2n) is 6.77. The third-order valence-electron chi connectivity index (χ3n) is 4.71. The molecule has 30 heavy (non-hydrogen) atoms. The Bertz CT molecular complexity index is 965. The lowest BCUT2D eigenvalue weighted by Gasteiger charge is -2.18. The Morgan fingerprint density at radius 2 is 1.83 bits per heavy atom. The highest BCUT2D eigenvalue weighted by molar-refractivity contribution is 5.99. The van der Waals surface area contributed by atoms with E-state index in [4.69, 9.17) is 18.9 Å². The first-order valence-electron chi connectivity index (χ1n) is 9.50. The molecule has 0 atom stereocenters. The van der Waals surface area contributed by atoms with Crippen LogP contribution in [-0.2, 0) is 20.7 Å². The molecule has 1 aliphatic rings. The quantitative estimate of drug-likeness (QED) is 0.660. The van der Waals surface area contributed by atoms with Gasteiger partial charge in [-0.05, 0) is 43.5 Å². The smallest absolute Gasteiger partial charge is 0.355 e. The second kappa shape index (κ2) is 9.34. The highest BCUT2D eigenvalue weighted by Crippen LogP contribution is 2.30. The maximum absolute atomic E-state index is 12.3. The number of hydrogen-bond donors (Lipinski definition) is 2. The van der Waals surface area contributed by atoms with E-state index in [0.717, 1.165) is 5.56 Å². The van der Waals surface area contributed by atoms with Crippen molar-refractivity contribution in [2.75, 3.05) is 33.5 Å². The summed E-state index contributed by atoms with van der Waals surface area (Å²) in [5.41, 5.74) is 2.31. The number of ether oxygens (including phenoxy) is 4. The average molecular weight is 416 g/mol. The molecule has 0 radical (unpaired) electrons. The number of aromatic nitrogens is 1. The summed E-state index contributed by atoms with van der Waals surface area (Å²) in [5, 5.41) is 2.70. The van der Waals surface area contributed by atoms with Crippen LogP contribution < -0.4 is 14.8 Å². The standard InChI is InChI=1S/C21H24N2O7/c1-12-18(20(25)27-3)13(2)23-19(12)21(26)30-11-17(24)22-7-6-14-4-5-15-16(10-14)29-9-8-28-15/h4-5,10,23H,6-9,11H2,1-3H3,(H,22,24). The van der Waals surface area contributed by atoms with Crippen LogP contribution in [0.4, 0.5) is 0 Å². The SMILES string of the molecule is COC(=O)c1c(C)[nH]c(C(=O)OCC(=O)NCCc2ccc3c(c2)OCCO3)c1C. The van der Waals surface area contributed by atoms with Gasteiger partial charge in [0.25, 0.3) is 5.91 Å². The topological polar surface area (TPSA) is 116 Å². The van der Waals surface area contributed by atoms with Crippen LogP contribution in [0.2, 0.25) is 0 Å². The molecule has 2 heterocycles. The lowest BCUT2D eigenvalue weighted by Crippen LogP contribution is -2.30. The summed E-state index contributed by atoms with van der Waals surface area (Å²) in [6, 6.07) is 5.64. The van der Waals surface area contributed by atoms with Crippen molar-refractivity contribution in [2.45, 2.75) is 20.3 Å². The molecule has 0 saturated carbocycles. The Kier molecular flexibility index (Phi) is 6.61. The Labute approximate surface area is 173 Å². The van der Waals surface area contributed by atoms with Crippen LogP contribution in [0.3, 0.4) is 0 Å². The molecule has 0 aliphatic carbocycles. The fourth-order valence-electron chi connectivity index (χ4n) is 3.21. The van der Waals surface area contributed by atoms with Crippen LogP contribution in [0.1, 0.15) is 37.7 Å². The Morgan fingerprint density at radius 1 is 1.10 bits per heavy atom. The van der Waals surface area contributed by atoms with Gasteiger partial charge in [-0.1, -0.05) is 6.07 Å². The number of aryl methyl sites for hydroxylation is 1. The predicted molar refractivity (Wildman–Crippen MR) is 106 cm³/mol. The van der Waals surface area contributed by atoms with E-state index >= 15 is 0 Å². The molecule has 3 rings (SSSR count). The number of esters is 2. The van der Waals surface area contributed by atoms with E-state index in [1.54, 1.807) is 13.8 Å². The minimum Gasteiger partial charge on any atom is -0.486 e. The number of carbonyl (C=O) groups is 3. The monoisotopic (exact) mass is 416 g/mol. The summed E-state index contributed by atoms with van der Waals surface area (Å²) in [7, 11) is 1.27. The number of rotatable bonds is 7. The molecule has 0 bridgehead atoms. The van der Waals surface area contributed by atoms with Crippen molar-refractivity contribution in [3.8, 4) is 11.5 Å². The van der Waals surface area contributed by atoms with Crippen molar-refractivity contribution in [3.05, 3.63) is 46.3 Å². The van der Waals surface area contributed by atoms with Crippen LogP contribution in [0, 0.1) is 13.8 Å². The molecule has 2 aromatic rings. The molecule has 1 aromatic heterocycles. The summed E-state index contributed by atoms with van der Waals surface area (Å²) in [5.74, 6) is -0.270. The van der Waals surface area contributed by atoms with E-state index in [1.165, 1.54) is 7.11 Å². The molecule has 160 valence electrons. The number of methoxy groups -OCH3 is 1. The van der Waals surface area contributed by atoms with E-state index in [0.29, 0.717) is 48.9 Å². The van der Waals surface area contributed by atoms with Gasteiger partial charge in [-0.2, -0.15) is 0 Å². The molecule has 9 heteroatoms. The zero-order valence-corrected chi connectivity index (χ0v) is 17.1. The Morgan fingerprint density at radius 3 is 2.57 bits per heavy atom. The highest BCUT2D eigenvalue weighted by Gasteiger charge is 2.23. The predicted octanol–water partition coefficient (Wildman–Crippen LogP) is 1.71. The molecule has 2 N–H and O–H groups in total. The largest absolute Gasteiger partial charge is 0.486 e. The fourth-order valence-corrected chi connectivity index (χ4v) is 3.21. The van der Waals surface area contributed by atoms with Crippen molar-refractivity contribution in [1.82, 2.24) is 10.3 Å². The van der Waals surface area contributed by atoms with Gasteiger partial charge in [0, 0.05) is 12.2 Å². The van der Waals surface area contributed by atoms with Gasteiger partial charge in [0.05, 0.1) is 12.7 Å². The number of carbonyl (C=O) groups excluding carboxylic acids is 3. The maximum atomic E-state index is 12.3. The fraction of sp³-hybridized carbons (Fsp3) is 0.381. The third-order valence-corrected chi connectivity index (χ3v) is 4.71. The molecule has 1 aliphatic heterocycles. The van der Waals surface area contributed by atoms with Gasteiger partial charge in [-0.25, -0.2) is 9.59 Å². The van der Waals surface area contributed by atoms with Gasteiger partial charge in [-0.3, -0.25) is 4.79 Å². The summed E-state index contributed by atoms with van der Waals surface area (Å²) >= 11 is 0. The Balaban J connectivity index is 1.47. The lowest BCUT2D eigenvalue weighted by molar-refractivity contribution is -0.124. The van der Waals surface area contributed by atoms with E-state index < -0.39 is 24.5 Å². The number of hydrogen-bond acceptors (Lipinski definition) is 7. The number of fused-ring (bicyclic) bond motifs is 1. The van der Waals surface area contributed by atoms with Crippen molar-refractivity contribution in [2.24, 2.45) is 0 Å². The average Bonchev–Trinajstić information content (AvgIpc) is 3.05. The molecule has 0 fully saturated rings. The van der Waals surface area contributed by atoms with Crippen molar-refractivity contribution in [1.29, 1.82) is 0 Å². The van der Waals surface area contributed by atoms with Crippen molar-refractivity contribution in [3.63, 3.8) is 0 Å². The molecule has 0 unspecified atom stereocenters. The van der Waals surface area contributed by atoms with Crippen LogP contribution in [-0.4, -0.2) is 56.3 Å². The van der Waals surface area contributed by atoms with Crippen LogP contribution in [0.15, 0.2) is 18.2 Å². The van der Waals surface area contributed by atoms with Gasteiger partial charge in [0.1, 0.15) is 18.9 Å². The number of aromatic amines is 1. The number of H-pyrrole nitrogens is 1. The van der Waals surface area contributed by atoms with E-state index in [-0.39, 0.29) is 11.3 Å². The van der Waals surface area contributed by atoms with Crippen molar-refractivity contribution >= 4 is 17.8 Å². The minimum absolute atomic E-state index is 0.122. The zero-order chi connectivity index (χ0) is 21.7. The zero-order valence-electron chi connectivity index (χ0n) is 17.1. The first-order valence-corrected chi connectivity index (χ1v) is 9.50. The van der Waals surface area contributed by atoms with Gasteiger partial charge in [-0.15, -0.1) is 0 Å². The van der Waals surface area contributed by atoms with E-state index in [1.807, 2.05) is 18.2 Å². The number of benzene rings is 1. The number of amides is 1. The summed E-state index contributed by atoms with van der Waals surface area (Å²) < 4.78 is 20.8. The van der Waals surface area contributed by atoms with Gasteiger partial charge in [0.15, 0.2) is 18.1 Å². The lowest BCUT2D eigenvalue weighted by atomic mass is 10.1. The molecule has 0 spiro atoms. The Hall–Kier alpha value is -3.49. The van der Waals surface area contributed by atoms with Gasteiger partial charge < -0.3 is 29.2 Å². The van der Waals surface area contributed by atoms with Crippen LogP contribution >= 0.6 is 0 Å². The minimum atomic E-state index is -0.715. The van der Waals surface area contributed by atoms with Gasteiger partial charge in [0.2, 0.25) is 0 Å². The molecule has 9 nitrogen and oxygen atoms in total. The molecular formula is C21H24N2O7. The number of nitrogens with one attached hydrogen (secondary N) is 2. The van der Waals surface area contributed by atoms with Crippen LogP contribution in [0.25, 0.3) is 0 Å². The van der Waals surface area contributed by atoms with E-state index in [2.05, 4.69) is 10.3 Å². The van der Waals surface area contributed by atoms with Crippen LogP contribution in [0.5, 0.6) is 11.5 Å². The third kappa shape index (κ3) is 4.73. The summed E-state index contributed by atoms with van der Waals surface area (Å²) in [6.45, 7) is 4.26. The normalized spacial score (nSPS) is 12.2. The molecular weight excluding hydrogens is 392 g/mol. The van der Waals surface area contributed by atoms with E-state index in [9.17, 15) is 14.4 Å². The summed E-state index contributed by atoms with van der Waals surface area (Å²) in [6.07, 6.45) is 0.591. The van der Waals surface area contributed by atoms with Crippen molar-refractivity contribution < 1.29 is 33.3 Å². The molecule has 1 amide bonds. The second-order valence-corrected chi connectivity index (χ2v) is 6.77. The van der Waals surface area contributed by atoms with Gasteiger partial charge >= 0.3 is 11.9 Å². The molecule has 0 saturated heterocycles. The summed E-state index contributed by atoms with van der Waals surface area (Å²) in [4.78, 5) is 38.9. The molecule has 1 aromatic carbocycles. The highest BCUT2D eigenvalue weighted by atomic mass is 16.6. The maximum Gasteiger partial charge on any atom is 0.355 e.